The second-order valence-corrected chi connectivity index (χ2v) is 7.28. The van der Waals surface area contributed by atoms with Crippen LogP contribution in [0, 0.1) is 0 Å². The van der Waals surface area contributed by atoms with E-state index in [4.69, 9.17) is 0 Å². The number of amides is 1. The molecule has 2 aromatic heterocycles. The summed E-state index contributed by atoms with van der Waals surface area (Å²) in [5.41, 5.74) is 1.48. The fourth-order valence-electron chi connectivity index (χ4n) is 2.65. The van der Waals surface area contributed by atoms with Gasteiger partial charge in [-0.2, -0.15) is 8.78 Å². The molecule has 0 radical (unpaired) electrons. The molecule has 0 atom stereocenters. The fraction of sp³-hybridized carbons (Fsp3) is 0.0526. The minimum absolute atomic E-state index is 0.0412. The number of fused-ring (bicyclic) bond motifs is 1. The van der Waals surface area contributed by atoms with E-state index in [-0.39, 0.29) is 11.7 Å². The highest BCUT2D eigenvalue weighted by molar-refractivity contribution is 7.17. The third kappa shape index (κ3) is 3.67. The minimum atomic E-state index is -2.92. The van der Waals surface area contributed by atoms with E-state index in [9.17, 15) is 13.6 Å². The molecule has 0 aliphatic rings. The summed E-state index contributed by atoms with van der Waals surface area (Å²) in [5.74, 6) is -0.218. The van der Waals surface area contributed by atoms with Crippen molar-refractivity contribution in [3.8, 4) is 17.0 Å². The number of anilines is 1. The number of thiazole rings is 1. The van der Waals surface area contributed by atoms with Gasteiger partial charge in [0.05, 0.1) is 11.3 Å². The Balaban J connectivity index is 1.58. The van der Waals surface area contributed by atoms with Crippen molar-refractivity contribution >= 4 is 43.8 Å². The number of aromatic nitrogens is 1. The molecule has 27 heavy (non-hydrogen) atoms. The lowest BCUT2D eigenvalue weighted by Gasteiger charge is -2.08. The molecule has 1 N–H and O–H groups in total. The molecule has 2 heterocycles. The third-order valence-corrected chi connectivity index (χ3v) is 5.55. The zero-order chi connectivity index (χ0) is 18.8. The van der Waals surface area contributed by atoms with E-state index < -0.39 is 6.61 Å². The van der Waals surface area contributed by atoms with Crippen LogP contribution in [-0.4, -0.2) is 17.5 Å². The molecule has 0 aliphatic carbocycles. The van der Waals surface area contributed by atoms with Crippen molar-refractivity contribution in [3.05, 3.63) is 64.9 Å². The van der Waals surface area contributed by atoms with Crippen LogP contribution in [0.2, 0.25) is 0 Å². The van der Waals surface area contributed by atoms with Crippen molar-refractivity contribution in [2.24, 2.45) is 0 Å². The van der Waals surface area contributed by atoms with Gasteiger partial charge in [0.15, 0.2) is 5.13 Å². The summed E-state index contributed by atoms with van der Waals surface area (Å²) >= 11 is 2.72. The van der Waals surface area contributed by atoms with Gasteiger partial charge in [-0.3, -0.25) is 10.1 Å². The van der Waals surface area contributed by atoms with Gasteiger partial charge < -0.3 is 4.74 Å². The molecule has 0 saturated heterocycles. The summed E-state index contributed by atoms with van der Waals surface area (Å²) in [6.45, 7) is -2.92. The topological polar surface area (TPSA) is 51.2 Å². The monoisotopic (exact) mass is 402 g/mol. The van der Waals surface area contributed by atoms with Gasteiger partial charge in [0.25, 0.3) is 5.91 Å². The summed E-state index contributed by atoms with van der Waals surface area (Å²) in [4.78, 5) is 16.9. The molecule has 0 bridgehead atoms. The van der Waals surface area contributed by atoms with Gasteiger partial charge in [-0.15, -0.1) is 22.7 Å². The molecule has 8 heteroatoms. The first kappa shape index (κ1) is 17.6. The Hall–Kier alpha value is -2.84. The highest BCUT2D eigenvalue weighted by Gasteiger charge is 2.16. The Labute approximate surface area is 161 Å². The fourth-order valence-corrected chi connectivity index (χ4v) is 4.30. The van der Waals surface area contributed by atoms with E-state index in [1.807, 2.05) is 24.3 Å². The molecule has 0 spiro atoms. The summed E-state index contributed by atoms with van der Waals surface area (Å²) in [6, 6.07) is 14.1. The number of carbonyl (C=O) groups excluding carboxylic acids is 1. The summed E-state index contributed by atoms with van der Waals surface area (Å²) < 4.78 is 30.7. The van der Waals surface area contributed by atoms with Gasteiger partial charge in [-0.05, 0) is 18.2 Å². The van der Waals surface area contributed by atoms with Crippen LogP contribution in [0.1, 0.15) is 10.4 Å². The zero-order valence-corrected chi connectivity index (χ0v) is 15.3. The number of rotatable bonds is 5. The summed E-state index contributed by atoms with van der Waals surface area (Å²) in [6.07, 6.45) is 0. The molecule has 4 nitrogen and oxygen atoms in total. The smallest absolute Gasteiger partial charge is 0.387 e. The zero-order valence-electron chi connectivity index (χ0n) is 13.7. The highest BCUT2D eigenvalue weighted by atomic mass is 32.1. The number of halogens is 2. The number of para-hydroxylation sites is 1. The predicted octanol–water partition coefficient (Wildman–Crippen LogP) is 5.88. The molecular weight excluding hydrogens is 390 g/mol. The lowest BCUT2D eigenvalue weighted by molar-refractivity contribution is -0.0494. The van der Waals surface area contributed by atoms with Gasteiger partial charge >= 0.3 is 6.61 Å². The van der Waals surface area contributed by atoms with Crippen LogP contribution in [-0.2, 0) is 0 Å². The SMILES string of the molecule is O=C(Nc1nc(-c2ccccc2OC(F)F)cs1)c1csc2ccccc12. The normalized spacial score (nSPS) is 11.1. The first-order valence-corrected chi connectivity index (χ1v) is 9.65. The number of ether oxygens (including phenoxy) is 1. The van der Waals surface area contributed by atoms with Gasteiger partial charge in [0.2, 0.25) is 0 Å². The van der Waals surface area contributed by atoms with Crippen LogP contribution < -0.4 is 10.1 Å². The van der Waals surface area contributed by atoms with E-state index in [1.54, 1.807) is 29.0 Å². The predicted molar refractivity (Wildman–Crippen MR) is 104 cm³/mol. The minimum Gasteiger partial charge on any atom is -0.434 e. The van der Waals surface area contributed by atoms with Crippen molar-refractivity contribution in [1.29, 1.82) is 0 Å². The number of hydrogen-bond acceptors (Lipinski definition) is 5. The number of hydrogen-bond donors (Lipinski definition) is 1. The number of alkyl halides is 2. The average molecular weight is 402 g/mol. The summed E-state index contributed by atoms with van der Waals surface area (Å²) in [5, 5.41) is 7.54. The maximum atomic E-state index is 12.6. The highest BCUT2D eigenvalue weighted by Crippen LogP contribution is 2.33. The molecular formula is C19H12F2N2O2S2. The Bertz CT molecular complexity index is 1110. The first-order chi connectivity index (χ1) is 13.1. The van der Waals surface area contributed by atoms with Gasteiger partial charge in [0, 0.05) is 26.4 Å². The second kappa shape index (κ2) is 7.42. The number of nitrogens with one attached hydrogen (secondary N) is 1. The lowest BCUT2D eigenvalue weighted by atomic mass is 10.1. The van der Waals surface area contributed by atoms with Crippen LogP contribution in [0.5, 0.6) is 5.75 Å². The first-order valence-electron chi connectivity index (χ1n) is 7.89. The molecule has 1 amide bonds. The summed E-state index contributed by atoms with van der Waals surface area (Å²) in [7, 11) is 0. The van der Waals surface area contributed by atoms with Crippen LogP contribution in [0.15, 0.2) is 59.3 Å². The van der Waals surface area contributed by atoms with E-state index in [1.165, 1.54) is 28.7 Å². The molecule has 0 aliphatic heterocycles. The van der Waals surface area contributed by atoms with Crippen LogP contribution in [0.3, 0.4) is 0 Å². The Morgan fingerprint density at radius 1 is 1.04 bits per heavy atom. The molecule has 0 fully saturated rings. The number of thiophene rings is 1. The molecule has 2 aromatic carbocycles. The molecule has 136 valence electrons. The van der Waals surface area contributed by atoms with Crippen molar-refractivity contribution in [2.45, 2.75) is 6.61 Å². The quantitative estimate of drug-likeness (QED) is 0.454. The van der Waals surface area contributed by atoms with E-state index in [2.05, 4.69) is 15.0 Å². The van der Waals surface area contributed by atoms with Gasteiger partial charge in [-0.1, -0.05) is 30.3 Å². The lowest BCUT2D eigenvalue weighted by Crippen LogP contribution is -2.11. The largest absolute Gasteiger partial charge is 0.434 e. The third-order valence-electron chi connectivity index (χ3n) is 3.83. The number of carbonyl (C=O) groups is 1. The van der Waals surface area contributed by atoms with Crippen molar-refractivity contribution in [1.82, 2.24) is 4.98 Å². The van der Waals surface area contributed by atoms with E-state index >= 15 is 0 Å². The van der Waals surface area contributed by atoms with Crippen molar-refractivity contribution < 1.29 is 18.3 Å². The number of nitrogens with zero attached hydrogens (tertiary/aromatic N) is 1. The average Bonchev–Trinajstić information content (AvgIpc) is 3.28. The van der Waals surface area contributed by atoms with Crippen molar-refractivity contribution in [3.63, 3.8) is 0 Å². The Kier molecular flexibility index (Phi) is 4.83. The Morgan fingerprint density at radius 3 is 2.67 bits per heavy atom. The molecule has 4 rings (SSSR count). The van der Waals surface area contributed by atoms with Crippen molar-refractivity contribution in [2.75, 3.05) is 5.32 Å². The Morgan fingerprint density at radius 2 is 1.81 bits per heavy atom. The van der Waals surface area contributed by atoms with E-state index in [0.29, 0.717) is 22.0 Å². The van der Waals surface area contributed by atoms with E-state index in [0.717, 1.165) is 10.1 Å². The second-order valence-electron chi connectivity index (χ2n) is 5.51. The maximum absolute atomic E-state index is 12.6. The maximum Gasteiger partial charge on any atom is 0.387 e. The standard InChI is InChI=1S/C19H12F2N2O2S2/c20-18(21)25-15-7-3-1-6-12(15)14-10-27-19(22-14)23-17(24)13-9-26-16-8-4-2-5-11(13)16/h1-10,18H,(H,22,23,24). The van der Waals surface area contributed by atoms with Crippen LogP contribution >= 0.6 is 22.7 Å². The molecule has 0 unspecified atom stereocenters. The molecule has 4 aromatic rings. The van der Waals surface area contributed by atoms with Gasteiger partial charge in [-0.25, -0.2) is 4.98 Å². The van der Waals surface area contributed by atoms with Crippen LogP contribution in [0.4, 0.5) is 13.9 Å². The molecule has 0 saturated carbocycles. The van der Waals surface area contributed by atoms with Gasteiger partial charge in [0.1, 0.15) is 5.75 Å². The van der Waals surface area contributed by atoms with Crippen LogP contribution in [0.25, 0.3) is 21.3 Å². The number of benzene rings is 2.